The average Bonchev–Trinajstić information content (AvgIpc) is 2.10. The summed E-state index contributed by atoms with van der Waals surface area (Å²) in [6, 6.07) is 0. The van der Waals surface area contributed by atoms with Crippen LogP contribution in [0, 0.1) is 0 Å². The quantitative estimate of drug-likeness (QED) is 0.518. The lowest BCUT2D eigenvalue weighted by Gasteiger charge is -2.38. The second-order valence-electron chi connectivity index (χ2n) is 5.01. The van der Waals surface area contributed by atoms with Crippen molar-refractivity contribution in [2.75, 3.05) is 0 Å². The van der Waals surface area contributed by atoms with Gasteiger partial charge >= 0.3 is 7.48 Å². The standard InChI is InChI=1S/C12H24BO2/c1-7-9-10(8-2)13-15-12(5,6)11(3,4)14/h8,10,14H,2,7,9H2,1,3-6H3. The smallest absolute Gasteiger partial charge is 0.300 e. The van der Waals surface area contributed by atoms with Crippen LogP contribution in [0.3, 0.4) is 0 Å². The van der Waals surface area contributed by atoms with Crippen molar-refractivity contribution < 1.29 is 9.76 Å². The van der Waals surface area contributed by atoms with Crippen molar-refractivity contribution in [3.8, 4) is 0 Å². The van der Waals surface area contributed by atoms with E-state index in [0.717, 1.165) is 12.8 Å². The highest BCUT2D eigenvalue weighted by Gasteiger charge is 2.36. The van der Waals surface area contributed by atoms with Crippen LogP contribution in [0.4, 0.5) is 0 Å². The normalized spacial score (nSPS) is 14.8. The molecule has 0 fully saturated rings. The van der Waals surface area contributed by atoms with Crippen LogP contribution in [-0.4, -0.2) is 23.8 Å². The van der Waals surface area contributed by atoms with Gasteiger partial charge < -0.3 is 9.76 Å². The maximum absolute atomic E-state index is 9.89. The molecule has 0 aromatic carbocycles. The summed E-state index contributed by atoms with van der Waals surface area (Å²) in [5.74, 6) is 0.261. The van der Waals surface area contributed by atoms with Gasteiger partial charge in [-0.3, -0.25) is 0 Å². The molecule has 3 heteroatoms. The third-order valence-electron chi connectivity index (χ3n) is 2.94. The zero-order valence-corrected chi connectivity index (χ0v) is 10.7. The minimum absolute atomic E-state index is 0.261. The van der Waals surface area contributed by atoms with Gasteiger partial charge in [0, 0.05) is 0 Å². The third kappa shape index (κ3) is 4.85. The molecule has 2 nitrogen and oxygen atoms in total. The van der Waals surface area contributed by atoms with Gasteiger partial charge in [-0.15, -0.1) is 6.58 Å². The molecule has 87 valence electrons. The average molecular weight is 211 g/mol. The SMILES string of the molecule is C=CC([B]OC(C)(C)C(C)(C)O)CCC. The minimum atomic E-state index is -0.860. The Morgan fingerprint density at radius 1 is 1.40 bits per heavy atom. The largest absolute Gasteiger partial charge is 0.432 e. The van der Waals surface area contributed by atoms with Gasteiger partial charge in [-0.05, 0) is 33.5 Å². The molecular weight excluding hydrogens is 187 g/mol. The first-order valence-electron chi connectivity index (χ1n) is 5.60. The fourth-order valence-electron chi connectivity index (χ4n) is 0.976. The van der Waals surface area contributed by atoms with E-state index >= 15 is 0 Å². The van der Waals surface area contributed by atoms with Crippen molar-refractivity contribution in [2.24, 2.45) is 0 Å². The van der Waals surface area contributed by atoms with Crippen LogP contribution in [0.15, 0.2) is 12.7 Å². The maximum atomic E-state index is 9.89. The van der Waals surface area contributed by atoms with Gasteiger partial charge in [-0.2, -0.15) is 0 Å². The molecule has 0 spiro atoms. The monoisotopic (exact) mass is 211 g/mol. The van der Waals surface area contributed by atoms with E-state index < -0.39 is 11.2 Å². The van der Waals surface area contributed by atoms with E-state index in [4.69, 9.17) is 4.65 Å². The van der Waals surface area contributed by atoms with E-state index in [2.05, 4.69) is 13.5 Å². The molecule has 0 aromatic rings. The van der Waals surface area contributed by atoms with Gasteiger partial charge in [0.15, 0.2) is 0 Å². The lowest BCUT2D eigenvalue weighted by molar-refractivity contribution is -0.0908. The number of aliphatic hydroxyl groups is 1. The molecule has 0 aliphatic heterocycles. The number of allylic oxidation sites excluding steroid dienone is 1. The van der Waals surface area contributed by atoms with Crippen LogP contribution in [0.25, 0.3) is 0 Å². The summed E-state index contributed by atoms with van der Waals surface area (Å²) in [4.78, 5) is 0. The molecule has 0 aromatic heterocycles. The van der Waals surface area contributed by atoms with Gasteiger partial charge in [-0.1, -0.05) is 25.8 Å². The molecule has 0 amide bonds. The van der Waals surface area contributed by atoms with Gasteiger partial charge in [0.25, 0.3) is 0 Å². The highest BCUT2D eigenvalue weighted by atomic mass is 16.5. The van der Waals surface area contributed by atoms with Gasteiger partial charge in [0.1, 0.15) is 0 Å². The summed E-state index contributed by atoms with van der Waals surface area (Å²) in [7, 11) is 1.79. The van der Waals surface area contributed by atoms with Crippen LogP contribution in [-0.2, 0) is 4.65 Å². The summed E-state index contributed by atoms with van der Waals surface area (Å²) in [6.45, 7) is 13.2. The molecule has 15 heavy (non-hydrogen) atoms. The van der Waals surface area contributed by atoms with Crippen molar-refractivity contribution >= 4 is 7.48 Å². The molecule has 0 saturated heterocycles. The molecule has 1 unspecified atom stereocenters. The van der Waals surface area contributed by atoms with Crippen LogP contribution in [0.1, 0.15) is 47.5 Å². The van der Waals surface area contributed by atoms with Crippen molar-refractivity contribution in [1.29, 1.82) is 0 Å². The molecule has 0 rings (SSSR count). The van der Waals surface area contributed by atoms with Crippen molar-refractivity contribution in [3.63, 3.8) is 0 Å². The summed E-state index contributed by atoms with van der Waals surface area (Å²) in [6.07, 6.45) is 4.01. The van der Waals surface area contributed by atoms with E-state index in [-0.39, 0.29) is 5.82 Å². The number of hydrogen-bond acceptors (Lipinski definition) is 2. The fourth-order valence-corrected chi connectivity index (χ4v) is 0.976. The molecule has 0 bridgehead atoms. The van der Waals surface area contributed by atoms with E-state index in [0.29, 0.717) is 0 Å². The highest BCUT2D eigenvalue weighted by Crippen LogP contribution is 2.26. The minimum Gasteiger partial charge on any atom is -0.432 e. The van der Waals surface area contributed by atoms with Crippen molar-refractivity contribution in [3.05, 3.63) is 12.7 Å². The molecular formula is C12H24BO2. The molecule has 1 N–H and O–H groups in total. The predicted octanol–water partition coefficient (Wildman–Crippen LogP) is 2.95. The summed E-state index contributed by atoms with van der Waals surface area (Å²) >= 11 is 0. The zero-order chi connectivity index (χ0) is 12.1. The van der Waals surface area contributed by atoms with E-state index in [1.807, 2.05) is 19.9 Å². The molecule has 0 aliphatic rings. The maximum Gasteiger partial charge on any atom is 0.300 e. The Morgan fingerprint density at radius 3 is 2.27 bits per heavy atom. The first-order chi connectivity index (χ1) is 6.74. The van der Waals surface area contributed by atoms with Crippen molar-refractivity contribution in [2.45, 2.75) is 64.5 Å². The number of rotatable bonds is 7. The Labute approximate surface area is 95.0 Å². The van der Waals surface area contributed by atoms with Crippen LogP contribution < -0.4 is 0 Å². The summed E-state index contributed by atoms with van der Waals surface area (Å²) in [5, 5.41) is 9.89. The fraction of sp³-hybridized carbons (Fsp3) is 0.833. The first-order valence-corrected chi connectivity index (χ1v) is 5.60. The van der Waals surface area contributed by atoms with E-state index in [1.54, 1.807) is 21.3 Å². The topological polar surface area (TPSA) is 29.5 Å². The third-order valence-corrected chi connectivity index (χ3v) is 2.94. The van der Waals surface area contributed by atoms with Gasteiger partial charge in [-0.25, -0.2) is 0 Å². The second-order valence-corrected chi connectivity index (χ2v) is 5.01. The molecule has 1 atom stereocenters. The zero-order valence-electron chi connectivity index (χ0n) is 10.7. The van der Waals surface area contributed by atoms with E-state index in [1.165, 1.54) is 0 Å². The Morgan fingerprint density at radius 2 is 1.93 bits per heavy atom. The van der Waals surface area contributed by atoms with Crippen LogP contribution >= 0.6 is 0 Å². The lowest BCUT2D eigenvalue weighted by Crippen LogP contribution is -2.48. The number of hydrogen-bond donors (Lipinski definition) is 1. The summed E-state index contributed by atoms with van der Waals surface area (Å²) < 4.78 is 5.65. The Kier molecular flexibility index (Phi) is 5.61. The summed E-state index contributed by atoms with van der Waals surface area (Å²) in [5.41, 5.74) is -1.44. The van der Waals surface area contributed by atoms with Crippen molar-refractivity contribution in [1.82, 2.24) is 0 Å². The highest BCUT2D eigenvalue weighted by molar-refractivity contribution is 6.30. The predicted molar refractivity (Wildman–Crippen MR) is 66.1 cm³/mol. The van der Waals surface area contributed by atoms with Gasteiger partial charge in [0.2, 0.25) is 0 Å². The molecule has 0 aliphatic carbocycles. The van der Waals surface area contributed by atoms with Crippen LogP contribution in [0.5, 0.6) is 0 Å². The van der Waals surface area contributed by atoms with Crippen LogP contribution in [0.2, 0.25) is 5.82 Å². The molecule has 1 radical (unpaired) electrons. The van der Waals surface area contributed by atoms with E-state index in [9.17, 15) is 5.11 Å². The Bertz CT molecular complexity index is 194. The second kappa shape index (κ2) is 5.71. The Hall–Kier alpha value is -0.275. The Balaban J connectivity index is 4.18. The molecule has 0 saturated carbocycles. The first kappa shape index (κ1) is 14.7. The van der Waals surface area contributed by atoms with Gasteiger partial charge in [0.05, 0.1) is 11.2 Å². The molecule has 0 heterocycles. The lowest BCUT2D eigenvalue weighted by atomic mass is 9.75.